The van der Waals surface area contributed by atoms with E-state index in [0.29, 0.717) is 0 Å². The number of nitrogens with one attached hydrogen (secondary N) is 1. The van der Waals surface area contributed by atoms with Gasteiger partial charge in [-0.05, 0) is 5.21 Å². The van der Waals surface area contributed by atoms with Crippen LogP contribution in [0.25, 0.3) is 0 Å². The van der Waals surface area contributed by atoms with Crippen molar-refractivity contribution < 1.29 is 19.8 Å². The summed E-state index contributed by atoms with van der Waals surface area (Å²) < 4.78 is 0. The van der Waals surface area contributed by atoms with Crippen molar-refractivity contribution in [3.05, 3.63) is 40.5 Å². The van der Waals surface area contributed by atoms with Gasteiger partial charge >= 0.3 is 11.9 Å². The van der Waals surface area contributed by atoms with Gasteiger partial charge in [-0.25, -0.2) is 10.1 Å². The molecular weight excluding hydrogens is 278 g/mol. The van der Waals surface area contributed by atoms with Crippen LogP contribution in [0.4, 0.5) is 5.95 Å². The second-order valence-electron chi connectivity index (χ2n) is 2.64. The van der Waals surface area contributed by atoms with Crippen LogP contribution in [0, 0.1) is 40.5 Å². The number of anilines is 1. The molecule has 1 aromatic heterocycles. The number of aromatic nitrogens is 4. The van der Waals surface area contributed by atoms with E-state index < -0.39 is 36.5 Å². The Morgan fingerprint density at radius 2 is 1.47 bits per heavy atom. The molecular formula is C2HN9O8. The smallest absolute Gasteiger partial charge is 0.251 e. The molecule has 0 atom stereocenters. The van der Waals surface area contributed by atoms with Gasteiger partial charge in [-0.15, -0.1) is 0 Å². The van der Waals surface area contributed by atoms with Crippen LogP contribution in [0.5, 0.6) is 0 Å². The van der Waals surface area contributed by atoms with Crippen molar-refractivity contribution in [1.29, 1.82) is 0 Å². The molecule has 1 N–H and O–H groups in total. The molecule has 102 valence electrons. The van der Waals surface area contributed by atoms with Gasteiger partial charge in [-0.2, -0.15) is 0 Å². The van der Waals surface area contributed by atoms with Gasteiger partial charge in [0.2, 0.25) is 14.8 Å². The maximum Gasteiger partial charge on any atom is 0.837 e. The second kappa shape index (κ2) is 4.38. The molecule has 0 aliphatic heterocycles. The molecule has 0 bridgehead atoms. The Bertz CT molecular complexity index is 524. The van der Waals surface area contributed by atoms with Gasteiger partial charge in [0.1, 0.15) is 0 Å². The molecule has 17 heteroatoms. The molecule has 0 aromatic carbocycles. The van der Waals surface area contributed by atoms with Crippen LogP contribution in [-0.4, -0.2) is 40.0 Å². The lowest BCUT2D eigenvalue weighted by molar-refractivity contribution is -1.01. The Hall–Kier alpha value is -3.53. The zero-order valence-electron chi connectivity index (χ0n) is 8.34. The van der Waals surface area contributed by atoms with E-state index in [2.05, 4.69) is 15.4 Å². The molecule has 0 spiro atoms. The lowest BCUT2D eigenvalue weighted by Gasteiger charge is -2.04. The van der Waals surface area contributed by atoms with Crippen molar-refractivity contribution in [2.24, 2.45) is 0 Å². The Kier molecular flexibility index (Phi) is 3.12. The summed E-state index contributed by atoms with van der Waals surface area (Å²) in [6, 6.07) is 0. The number of nitro groups is 4. The molecule has 0 aliphatic carbocycles. The van der Waals surface area contributed by atoms with Gasteiger partial charge in [-0.1, -0.05) is 15.6 Å². The third-order valence-electron chi connectivity index (χ3n) is 1.61. The van der Waals surface area contributed by atoms with Crippen molar-refractivity contribution >= 4 is 5.95 Å². The van der Waals surface area contributed by atoms with E-state index in [9.17, 15) is 40.5 Å². The van der Waals surface area contributed by atoms with Crippen LogP contribution in [0.1, 0.15) is 0 Å². The zero-order chi connectivity index (χ0) is 14.8. The first-order chi connectivity index (χ1) is 8.72. The van der Waals surface area contributed by atoms with Crippen molar-refractivity contribution in [3.8, 4) is 0 Å². The highest BCUT2D eigenvalue weighted by Crippen LogP contribution is 2.17. The maximum atomic E-state index is 10.6. The van der Waals surface area contributed by atoms with Crippen LogP contribution in [0.2, 0.25) is 0 Å². The molecule has 0 unspecified atom stereocenters. The predicted molar refractivity (Wildman–Crippen MR) is 47.4 cm³/mol. The molecule has 1 aromatic rings. The summed E-state index contributed by atoms with van der Waals surface area (Å²) in [7, 11) is 0. The van der Waals surface area contributed by atoms with Crippen LogP contribution in [0.15, 0.2) is 0 Å². The van der Waals surface area contributed by atoms with Crippen molar-refractivity contribution in [2.45, 2.75) is 5.91 Å². The Morgan fingerprint density at radius 1 is 1.00 bits per heavy atom. The minimum absolute atomic E-state index is 0.571. The monoisotopic (exact) mass is 279 g/mol. The minimum Gasteiger partial charge on any atom is -0.251 e. The summed E-state index contributed by atoms with van der Waals surface area (Å²) >= 11 is 0. The third-order valence-corrected chi connectivity index (χ3v) is 1.61. The molecule has 17 nitrogen and oxygen atoms in total. The fourth-order valence-electron chi connectivity index (χ4n) is 0.887. The van der Waals surface area contributed by atoms with Crippen LogP contribution >= 0.6 is 0 Å². The zero-order valence-corrected chi connectivity index (χ0v) is 8.34. The third kappa shape index (κ3) is 2.01. The van der Waals surface area contributed by atoms with Crippen molar-refractivity contribution in [1.82, 2.24) is 20.2 Å². The number of hydrazine groups is 1. The van der Waals surface area contributed by atoms with E-state index in [1.54, 1.807) is 0 Å². The molecule has 0 saturated carbocycles. The van der Waals surface area contributed by atoms with Crippen molar-refractivity contribution in [2.75, 3.05) is 5.43 Å². The van der Waals surface area contributed by atoms with Crippen LogP contribution < -0.4 is 5.43 Å². The van der Waals surface area contributed by atoms with Gasteiger partial charge in [0.25, 0.3) is 0 Å². The number of rotatable bonds is 6. The van der Waals surface area contributed by atoms with Gasteiger partial charge in [0.05, 0.1) is 4.80 Å². The quantitative estimate of drug-likeness (QED) is 0.328. The molecule has 0 aliphatic rings. The summed E-state index contributed by atoms with van der Waals surface area (Å²) in [6.07, 6.45) is 0. The van der Waals surface area contributed by atoms with Crippen LogP contribution in [0.3, 0.4) is 0 Å². The number of hydrogen-bond donors (Lipinski definition) is 1. The van der Waals surface area contributed by atoms with E-state index in [4.69, 9.17) is 0 Å². The largest absolute Gasteiger partial charge is 0.837 e. The Morgan fingerprint density at radius 3 is 1.84 bits per heavy atom. The van der Waals surface area contributed by atoms with Crippen molar-refractivity contribution in [3.63, 3.8) is 0 Å². The number of hydrogen-bond acceptors (Lipinski definition) is 11. The highest BCUT2D eigenvalue weighted by Gasteiger charge is 2.77. The lowest BCUT2D eigenvalue weighted by Crippen LogP contribution is -2.56. The molecule has 0 radical (unpaired) electrons. The van der Waals surface area contributed by atoms with Crippen LogP contribution in [-0.2, 0) is 5.91 Å². The summed E-state index contributed by atoms with van der Waals surface area (Å²) in [6.45, 7) is 0. The van der Waals surface area contributed by atoms with Gasteiger partial charge in [0, 0.05) is 0 Å². The highest BCUT2D eigenvalue weighted by atomic mass is 16.7. The summed E-state index contributed by atoms with van der Waals surface area (Å²) in [5, 5.41) is 48.8. The van der Waals surface area contributed by atoms with E-state index in [-0.39, 0.29) is 0 Å². The number of nitrogens with zero attached hydrogens (tertiary/aromatic N) is 8. The van der Waals surface area contributed by atoms with Gasteiger partial charge in [0.15, 0.2) is 5.03 Å². The fourth-order valence-corrected chi connectivity index (χ4v) is 0.887. The van der Waals surface area contributed by atoms with E-state index in [1.165, 1.54) is 5.43 Å². The average molecular weight is 279 g/mol. The normalized spacial score (nSPS) is 10.7. The SMILES string of the molecule is O=[N+]([O-])Nc1nnn(C([N+](=O)[O-])([N+](=O)[O-])[N+](=O)[O-])n1. The Labute approximate surface area is 98.9 Å². The molecule has 19 heavy (non-hydrogen) atoms. The number of tetrazole rings is 1. The lowest BCUT2D eigenvalue weighted by atomic mass is 10.7. The summed E-state index contributed by atoms with van der Waals surface area (Å²) in [5.74, 6) is -5.16. The summed E-state index contributed by atoms with van der Waals surface area (Å²) in [5.41, 5.74) is 1.26. The molecule has 0 saturated heterocycles. The summed E-state index contributed by atoms with van der Waals surface area (Å²) in [4.78, 5) is 35.5. The second-order valence-corrected chi connectivity index (χ2v) is 2.64. The average Bonchev–Trinajstić information content (AvgIpc) is 2.64. The molecule has 1 rings (SSSR count). The molecule has 1 heterocycles. The standard InChI is InChI=1S/C2HN9O8/c12-8(13)2(9(14)15,10(16)17)7-4-1(3-6-7)5-11(18)19/h(H,4,5). The Balaban J connectivity index is 3.38. The molecule has 0 amide bonds. The van der Waals surface area contributed by atoms with E-state index >= 15 is 0 Å². The van der Waals surface area contributed by atoms with Gasteiger partial charge in [-0.3, -0.25) is 30.3 Å². The van der Waals surface area contributed by atoms with E-state index in [0.717, 1.165) is 0 Å². The highest BCUT2D eigenvalue weighted by molar-refractivity contribution is 5.13. The first-order valence-electron chi connectivity index (χ1n) is 3.88. The fraction of sp³-hybridized carbons (Fsp3) is 0.500. The van der Waals surface area contributed by atoms with Gasteiger partial charge < -0.3 is 0 Å². The first-order valence-corrected chi connectivity index (χ1v) is 3.88. The minimum atomic E-state index is -4.16. The topological polar surface area (TPSA) is 228 Å². The molecule has 0 fully saturated rings. The van der Waals surface area contributed by atoms with E-state index in [1.807, 2.05) is 0 Å². The predicted octanol–water partition coefficient (Wildman–Crippen LogP) is -2.33. The maximum absolute atomic E-state index is 10.6. The first kappa shape index (κ1) is 13.5.